The highest BCUT2D eigenvalue weighted by atomic mass is 19.1. The third-order valence-electron chi connectivity index (χ3n) is 2.94. The van der Waals surface area contributed by atoms with Crippen molar-refractivity contribution in [2.75, 3.05) is 6.54 Å². The van der Waals surface area contributed by atoms with Gasteiger partial charge < -0.3 is 9.88 Å². The second-order valence-corrected chi connectivity index (χ2v) is 4.08. The molecule has 0 aromatic carbocycles. The predicted molar refractivity (Wildman–Crippen MR) is 59.6 cm³/mol. The van der Waals surface area contributed by atoms with Crippen LogP contribution in [0.15, 0.2) is 18.3 Å². The van der Waals surface area contributed by atoms with E-state index in [1.54, 1.807) is 6.07 Å². The van der Waals surface area contributed by atoms with E-state index in [9.17, 15) is 4.39 Å². The van der Waals surface area contributed by atoms with E-state index in [0.29, 0.717) is 0 Å². The number of hydrogen-bond acceptors (Lipinski definition) is 4. The first kappa shape index (κ1) is 10.3. The summed E-state index contributed by atoms with van der Waals surface area (Å²) in [5.74, 6) is 1.18. The molecule has 3 heterocycles. The van der Waals surface area contributed by atoms with Crippen LogP contribution in [0.5, 0.6) is 0 Å². The SMILES string of the molecule is CC1NCCn2c(-c3ccc(F)nc3)nnc21. The van der Waals surface area contributed by atoms with Gasteiger partial charge in [-0.25, -0.2) is 4.98 Å². The molecule has 1 aliphatic heterocycles. The van der Waals surface area contributed by atoms with Crippen molar-refractivity contribution in [2.45, 2.75) is 19.5 Å². The van der Waals surface area contributed by atoms with Gasteiger partial charge in [-0.3, -0.25) is 0 Å². The molecular weight excluding hydrogens is 221 g/mol. The van der Waals surface area contributed by atoms with Crippen molar-refractivity contribution in [2.24, 2.45) is 0 Å². The van der Waals surface area contributed by atoms with Crippen LogP contribution in [0.1, 0.15) is 18.8 Å². The van der Waals surface area contributed by atoms with Gasteiger partial charge in [0.05, 0.1) is 6.04 Å². The maximum atomic E-state index is 12.8. The smallest absolute Gasteiger partial charge is 0.212 e. The quantitative estimate of drug-likeness (QED) is 0.750. The number of aromatic nitrogens is 4. The summed E-state index contributed by atoms with van der Waals surface area (Å²) >= 11 is 0. The second-order valence-electron chi connectivity index (χ2n) is 4.08. The number of nitrogens with zero attached hydrogens (tertiary/aromatic N) is 4. The Labute approximate surface area is 97.7 Å². The van der Waals surface area contributed by atoms with Crippen LogP contribution >= 0.6 is 0 Å². The van der Waals surface area contributed by atoms with Gasteiger partial charge in [-0.1, -0.05) is 0 Å². The monoisotopic (exact) mass is 233 g/mol. The molecule has 88 valence electrons. The Morgan fingerprint density at radius 3 is 3.06 bits per heavy atom. The third kappa shape index (κ3) is 1.70. The van der Waals surface area contributed by atoms with Crippen LogP contribution in [0.2, 0.25) is 0 Å². The second kappa shape index (κ2) is 3.89. The van der Waals surface area contributed by atoms with E-state index < -0.39 is 5.95 Å². The van der Waals surface area contributed by atoms with Crippen LogP contribution < -0.4 is 5.32 Å². The lowest BCUT2D eigenvalue weighted by molar-refractivity contribution is 0.439. The van der Waals surface area contributed by atoms with Crippen LogP contribution in [0.3, 0.4) is 0 Å². The molecule has 1 unspecified atom stereocenters. The predicted octanol–water partition coefficient (Wildman–Crippen LogP) is 1.14. The van der Waals surface area contributed by atoms with Crippen LogP contribution in [0, 0.1) is 5.95 Å². The Morgan fingerprint density at radius 2 is 2.29 bits per heavy atom. The van der Waals surface area contributed by atoms with Crippen molar-refractivity contribution >= 4 is 0 Å². The Kier molecular flexibility index (Phi) is 2.36. The highest BCUT2D eigenvalue weighted by Gasteiger charge is 2.21. The van der Waals surface area contributed by atoms with E-state index in [2.05, 4.69) is 25.1 Å². The maximum absolute atomic E-state index is 12.8. The molecule has 0 saturated carbocycles. The average Bonchev–Trinajstić information content (AvgIpc) is 2.75. The van der Waals surface area contributed by atoms with E-state index in [4.69, 9.17) is 0 Å². The third-order valence-corrected chi connectivity index (χ3v) is 2.94. The molecule has 2 aromatic rings. The van der Waals surface area contributed by atoms with Gasteiger partial charge >= 0.3 is 0 Å². The molecule has 0 saturated heterocycles. The number of nitrogens with one attached hydrogen (secondary N) is 1. The normalized spacial score (nSPS) is 19.1. The van der Waals surface area contributed by atoms with E-state index in [0.717, 1.165) is 30.3 Å². The van der Waals surface area contributed by atoms with Gasteiger partial charge in [0.2, 0.25) is 5.95 Å². The topological polar surface area (TPSA) is 55.6 Å². The molecule has 5 nitrogen and oxygen atoms in total. The Balaban J connectivity index is 2.07. The molecule has 2 aromatic heterocycles. The van der Waals surface area contributed by atoms with Gasteiger partial charge in [-0.2, -0.15) is 4.39 Å². The molecule has 0 spiro atoms. The fourth-order valence-corrected chi connectivity index (χ4v) is 2.06. The largest absolute Gasteiger partial charge is 0.308 e. The van der Waals surface area contributed by atoms with Crippen molar-refractivity contribution in [1.29, 1.82) is 0 Å². The number of rotatable bonds is 1. The number of fused-ring (bicyclic) bond motifs is 1. The van der Waals surface area contributed by atoms with Crippen molar-refractivity contribution in [3.63, 3.8) is 0 Å². The fraction of sp³-hybridized carbons (Fsp3) is 0.364. The fourth-order valence-electron chi connectivity index (χ4n) is 2.06. The van der Waals surface area contributed by atoms with E-state index in [1.807, 2.05) is 6.92 Å². The highest BCUT2D eigenvalue weighted by molar-refractivity contribution is 5.53. The zero-order valence-corrected chi connectivity index (χ0v) is 9.39. The minimum Gasteiger partial charge on any atom is -0.308 e. The number of halogens is 1. The van der Waals surface area contributed by atoms with Gasteiger partial charge in [-0.15, -0.1) is 10.2 Å². The first-order chi connectivity index (χ1) is 8.25. The number of hydrogen-bond donors (Lipinski definition) is 1. The minimum absolute atomic E-state index is 0.193. The van der Waals surface area contributed by atoms with Crippen LogP contribution in [0.4, 0.5) is 4.39 Å². The van der Waals surface area contributed by atoms with Gasteiger partial charge in [0.25, 0.3) is 0 Å². The summed E-state index contributed by atoms with van der Waals surface area (Å²) in [6, 6.07) is 3.20. The van der Waals surface area contributed by atoms with Crippen molar-refractivity contribution < 1.29 is 4.39 Å². The van der Waals surface area contributed by atoms with Crippen LogP contribution in [-0.4, -0.2) is 26.3 Å². The molecule has 0 bridgehead atoms. The van der Waals surface area contributed by atoms with Crippen molar-refractivity contribution in [3.8, 4) is 11.4 Å². The Morgan fingerprint density at radius 1 is 1.41 bits per heavy atom. The molecule has 3 rings (SSSR count). The molecule has 0 radical (unpaired) electrons. The van der Waals surface area contributed by atoms with Crippen molar-refractivity contribution in [1.82, 2.24) is 25.1 Å². The summed E-state index contributed by atoms with van der Waals surface area (Å²) in [5, 5.41) is 11.6. The highest BCUT2D eigenvalue weighted by Crippen LogP contribution is 2.22. The summed E-state index contributed by atoms with van der Waals surface area (Å²) < 4.78 is 14.8. The van der Waals surface area contributed by atoms with Gasteiger partial charge in [-0.05, 0) is 19.1 Å². The molecule has 1 atom stereocenters. The Bertz CT molecular complexity index is 533. The lowest BCUT2D eigenvalue weighted by Gasteiger charge is -2.21. The van der Waals surface area contributed by atoms with Gasteiger partial charge in [0, 0.05) is 24.8 Å². The molecule has 1 N–H and O–H groups in total. The molecular formula is C11H12FN5. The zero-order chi connectivity index (χ0) is 11.8. The number of pyridine rings is 1. The van der Waals surface area contributed by atoms with Crippen LogP contribution in [0.25, 0.3) is 11.4 Å². The summed E-state index contributed by atoms with van der Waals surface area (Å²) in [4.78, 5) is 3.64. The standard InChI is InChI=1S/C11H12FN5/c1-7-10-15-16-11(17(10)5-4-13-7)8-2-3-9(12)14-6-8/h2-3,6-7,13H,4-5H2,1H3. The first-order valence-corrected chi connectivity index (χ1v) is 5.54. The Hall–Kier alpha value is -1.82. The summed E-state index contributed by atoms with van der Waals surface area (Å²) in [7, 11) is 0. The maximum Gasteiger partial charge on any atom is 0.212 e. The lowest BCUT2D eigenvalue weighted by Crippen LogP contribution is -2.32. The summed E-state index contributed by atoms with van der Waals surface area (Å²) in [5.41, 5.74) is 0.791. The van der Waals surface area contributed by atoms with Gasteiger partial charge in [0.1, 0.15) is 5.82 Å². The molecule has 0 aliphatic carbocycles. The van der Waals surface area contributed by atoms with Gasteiger partial charge in [0.15, 0.2) is 5.82 Å². The summed E-state index contributed by atoms with van der Waals surface area (Å²) in [6.07, 6.45) is 1.49. The average molecular weight is 233 g/mol. The van der Waals surface area contributed by atoms with E-state index >= 15 is 0 Å². The minimum atomic E-state index is -0.484. The summed E-state index contributed by atoms with van der Waals surface area (Å²) in [6.45, 7) is 3.75. The van der Waals surface area contributed by atoms with E-state index in [-0.39, 0.29) is 6.04 Å². The first-order valence-electron chi connectivity index (χ1n) is 5.54. The molecule has 17 heavy (non-hydrogen) atoms. The van der Waals surface area contributed by atoms with Crippen molar-refractivity contribution in [3.05, 3.63) is 30.1 Å². The molecule has 0 amide bonds. The van der Waals surface area contributed by atoms with E-state index in [1.165, 1.54) is 12.3 Å². The molecule has 6 heteroatoms. The molecule has 1 aliphatic rings. The zero-order valence-electron chi connectivity index (χ0n) is 9.39. The molecule has 0 fully saturated rings. The lowest BCUT2D eigenvalue weighted by atomic mass is 10.2. The van der Waals surface area contributed by atoms with Crippen LogP contribution in [-0.2, 0) is 6.54 Å².